The van der Waals surface area contributed by atoms with E-state index in [1.165, 1.54) is 17.6 Å². The van der Waals surface area contributed by atoms with E-state index >= 15 is 0 Å². The summed E-state index contributed by atoms with van der Waals surface area (Å²) in [4.78, 5) is 13.2. The fourth-order valence-corrected chi connectivity index (χ4v) is 3.57. The molecule has 4 rings (SSSR count). The van der Waals surface area contributed by atoms with E-state index in [4.69, 9.17) is 8.94 Å². The molecule has 0 radical (unpaired) electrons. The minimum atomic E-state index is -1.46. The van der Waals surface area contributed by atoms with Crippen LogP contribution in [0.4, 0.5) is 0 Å². The van der Waals surface area contributed by atoms with Crippen LogP contribution in [0.2, 0.25) is 0 Å². The third kappa shape index (κ3) is 3.42. The monoisotopic (exact) mass is 380 g/mol. The molecule has 0 aliphatic heterocycles. The number of furan rings is 1. The average molecular weight is 380 g/mol. The molecule has 0 saturated carbocycles. The molecule has 0 aliphatic rings. The Balaban J connectivity index is 1.52. The Hall–Kier alpha value is -3.16. The van der Waals surface area contributed by atoms with Gasteiger partial charge in [0.15, 0.2) is 17.1 Å². The van der Waals surface area contributed by atoms with Crippen molar-refractivity contribution in [3.63, 3.8) is 0 Å². The Bertz CT molecular complexity index is 973. The van der Waals surface area contributed by atoms with Gasteiger partial charge in [-0.25, -0.2) is 0 Å². The largest absolute Gasteiger partial charge is 0.466 e. The highest BCUT2D eigenvalue weighted by molar-refractivity contribution is 7.10. The zero-order valence-electron chi connectivity index (χ0n) is 14.2. The SMILES string of the molecule is O=C(NCC(O)(c1ccco1)c1cccs1)c1cc(-c2ccccc2)on1. The van der Waals surface area contributed by atoms with Crippen LogP contribution in [0.15, 0.2) is 81.2 Å². The number of rotatable bonds is 6. The predicted octanol–water partition coefficient (Wildman–Crippen LogP) is 3.66. The van der Waals surface area contributed by atoms with Crippen molar-refractivity contribution >= 4 is 17.2 Å². The van der Waals surface area contributed by atoms with Gasteiger partial charge < -0.3 is 19.4 Å². The third-order valence-corrected chi connectivity index (χ3v) is 5.18. The van der Waals surface area contributed by atoms with Gasteiger partial charge in [-0.1, -0.05) is 41.6 Å². The molecule has 0 saturated heterocycles. The van der Waals surface area contributed by atoms with Crippen LogP contribution in [0.1, 0.15) is 21.1 Å². The highest BCUT2D eigenvalue weighted by Crippen LogP contribution is 2.32. The first-order valence-corrected chi connectivity index (χ1v) is 9.15. The number of hydrogen-bond acceptors (Lipinski definition) is 6. The molecule has 1 amide bonds. The Morgan fingerprint density at radius 3 is 2.70 bits per heavy atom. The fraction of sp³-hybridized carbons (Fsp3) is 0.100. The van der Waals surface area contributed by atoms with Crippen molar-refractivity contribution in [3.05, 3.63) is 88.6 Å². The van der Waals surface area contributed by atoms with Gasteiger partial charge in [-0.15, -0.1) is 11.3 Å². The summed E-state index contributed by atoms with van der Waals surface area (Å²) in [6, 6.07) is 18.0. The number of carbonyl (C=O) groups excluding carboxylic acids is 1. The Labute approximate surface area is 159 Å². The van der Waals surface area contributed by atoms with Gasteiger partial charge in [-0.3, -0.25) is 4.79 Å². The van der Waals surface area contributed by atoms with Gasteiger partial charge in [-0.2, -0.15) is 0 Å². The Morgan fingerprint density at radius 2 is 2.00 bits per heavy atom. The summed E-state index contributed by atoms with van der Waals surface area (Å²) in [5.74, 6) is 0.415. The van der Waals surface area contributed by atoms with E-state index in [9.17, 15) is 9.90 Å². The van der Waals surface area contributed by atoms with E-state index in [1.807, 2.05) is 41.8 Å². The fourth-order valence-electron chi connectivity index (χ4n) is 2.74. The molecule has 6 nitrogen and oxygen atoms in total. The molecule has 136 valence electrons. The van der Waals surface area contributed by atoms with Crippen LogP contribution >= 0.6 is 11.3 Å². The lowest BCUT2D eigenvalue weighted by Crippen LogP contribution is -2.41. The summed E-state index contributed by atoms with van der Waals surface area (Å²) in [7, 11) is 0. The van der Waals surface area contributed by atoms with Gasteiger partial charge in [0.05, 0.1) is 12.8 Å². The Kier molecular flexibility index (Phi) is 4.62. The molecule has 1 atom stereocenters. The molecule has 0 bridgehead atoms. The van der Waals surface area contributed by atoms with Gasteiger partial charge in [0.1, 0.15) is 5.76 Å². The molecule has 0 spiro atoms. The minimum Gasteiger partial charge on any atom is -0.466 e. The summed E-state index contributed by atoms with van der Waals surface area (Å²) in [6.07, 6.45) is 1.49. The molecule has 0 fully saturated rings. The maximum absolute atomic E-state index is 12.5. The van der Waals surface area contributed by atoms with Crippen LogP contribution in [0.3, 0.4) is 0 Å². The van der Waals surface area contributed by atoms with E-state index in [1.54, 1.807) is 24.3 Å². The first kappa shape index (κ1) is 17.3. The molecule has 2 N–H and O–H groups in total. The van der Waals surface area contributed by atoms with Crippen molar-refractivity contribution in [2.45, 2.75) is 5.60 Å². The molecular weight excluding hydrogens is 364 g/mol. The normalized spacial score (nSPS) is 13.2. The maximum atomic E-state index is 12.5. The van der Waals surface area contributed by atoms with Gasteiger partial charge in [0, 0.05) is 16.5 Å². The summed E-state index contributed by atoms with van der Waals surface area (Å²) in [5, 5.41) is 19.6. The molecule has 0 aliphatic carbocycles. The number of hydrogen-bond donors (Lipinski definition) is 2. The van der Waals surface area contributed by atoms with Crippen molar-refractivity contribution in [2.24, 2.45) is 0 Å². The molecule has 1 aromatic carbocycles. The molecule has 4 aromatic rings. The molecule has 3 heterocycles. The number of benzene rings is 1. The lowest BCUT2D eigenvalue weighted by molar-refractivity contribution is 0.0551. The summed E-state index contributed by atoms with van der Waals surface area (Å²) >= 11 is 1.38. The van der Waals surface area contributed by atoms with Crippen molar-refractivity contribution in [2.75, 3.05) is 6.54 Å². The van der Waals surface area contributed by atoms with Crippen LogP contribution in [0, 0.1) is 0 Å². The third-order valence-electron chi connectivity index (χ3n) is 4.16. The standard InChI is InChI=1S/C20H16N2O4S/c23-19(15-12-16(26-22-15)14-6-2-1-3-7-14)21-13-20(24,17-8-4-10-25-17)18-9-5-11-27-18/h1-12,24H,13H2,(H,21,23). The molecule has 3 aromatic heterocycles. The van der Waals surface area contributed by atoms with Crippen molar-refractivity contribution in [3.8, 4) is 11.3 Å². The number of thiophene rings is 1. The first-order chi connectivity index (χ1) is 13.2. The Morgan fingerprint density at radius 1 is 1.15 bits per heavy atom. The molecule has 1 unspecified atom stereocenters. The van der Waals surface area contributed by atoms with E-state index in [0.717, 1.165) is 5.56 Å². The average Bonchev–Trinajstić information content (AvgIpc) is 3.48. The highest BCUT2D eigenvalue weighted by Gasteiger charge is 2.36. The van der Waals surface area contributed by atoms with Crippen LogP contribution < -0.4 is 5.32 Å². The summed E-state index contributed by atoms with van der Waals surface area (Å²) in [6.45, 7) is -0.0621. The van der Waals surface area contributed by atoms with Crippen LogP contribution in [0.5, 0.6) is 0 Å². The minimum absolute atomic E-state index is 0.0621. The number of nitrogens with zero attached hydrogens (tertiary/aromatic N) is 1. The number of amides is 1. The first-order valence-electron chi connectivity index (χ1n) is 8.27. The van der Waals surface area contributed by atoms with Crippen molar-refractivity contribution in [1.82, 2.24) is 10.5 Å². The van der Waals surface area contributed by atoms with E-state index in [0.29, 0.717) is 16.4 Å². The van der Waals surface area contributed by atoms with Crippen molar-refractivity contribution < 1.29 is 18.8 Å². The second-order valence-electron chi connectivity index (χ2n) is 5.94. The van der Waals surface area contributed by atoms with Gasteiger partial charge >= 0.3 is 0 Å². The zero-order chi connectivity index (χ0) is 18.7. The number of aliphatic hydroxyl groups is 1. The maximum Gasteiger partial charge on any atom is 0.273 e. The summed E-state index contributed by atoms with van der Waals surface area (Å²) in [5.41, 5.74) is -0.490. The van der Waals surface area contributed by atoms with Crippen LogP contribution in [-0.2, 0) is 5.60 Å². The molecule has 27 heavy (non-hydrogen) atoms. The van der Waals surface area contributed by atoms with Gasteiger partial charge in [0.25, 0.3) is 5.91 Å². The van der Waals surface area contributed by atoms with Crippen LogP contribution in [0.25, 0.3) is 11.3 Å². The lowest BCUT2D eigenvalue weighted by Gasteiger charge is -2.25. The number of carbonyl (C=O) groups is 1. The van der Waals surface area contributed by atoms with Gasteiger partial charge in [0.2, 0.25) is 0 Å². The summed E-state index contributed by atoms with van der Waals surface area (Å²) < 4.78 is 10.7. The zero-order valence-corrected chi connectivity index (χ0v) is 15.0. The topological polar surface area (TPSA) is 88.5 Å². The number of nitrogens with one attached hydrogen (secondary N) is 1. The van der Waals surface area contributed by atoms with E-state index in [-0.39, 0.29) is 12.2 Å². The van der Waals surface area contributed by atoms with E-state index in [2.05, 4.69) is 10.5 Å². The highest BCUT2D eigenvalue weighted by atomic mass is 32.1. The van der Waals surface area contributed by atoms with Crippen LogP contribution in [-0.4, -0.2) is 22.7 Å². The second-order valence-corrected chi connectivity index (χ2v) is 6.89. The van der Waals surface area contributed by atoms with E-state index < -0.39 is 11.5 Å². The lowest BCUT2D eigenvalue weighted by atomic mass is 9.98. The second kappa shape index (κ2) is 7.22. The van der Waals surface area contributed by atoms with Gasteiger partial charge in [-0.05, 0) is 23.6 Å². The molecule has 7 heteroatoms. The molecular formula is C20H16N2O4S. The van der Waals surface area contributed by atoms with Crippen molar-refractivity contribution in [1.29, 1.82) is 0 Å². The number of aromatic nitrogens is 1. The quantitative estimate of drug-likeness (QED) is 0.533. The predicted molar refractivity (Wildman–Crippen MR) is 100 cm³/mol. The smallest absolute Gasteiger partial charge is 0.273 e.